The number of hydrogen-bond donors (Lipinski definition) is 0. The minimum absolute atomic E-state index is 0.107. The van der Waals surface area contributed by atoms with Gasteiger partial charge >= 0.3 is 0 Å². The van der Waals surface area contributed by atoms with Gasteiger partial charge in [-0.3, -0.25) is 4.79 Å². The normalized spacial score (nSPS) is 17.2. The molecule has 3 nitrogen and oxygen atoms in total. The van der Waals surface area contributed by atoms with Gasteiger partial charge in [0.1, 0.15) is 5.78 Å². The molecule has 0 heterocycles. The molecule has 0 aliphatic heterocycles. The number of sulfone groups is 1. The highest BCUT2D eigenvalue weighted by molar-refractivity contribution is 7.91. The largest absolute Gasteiger partial charge is 0.300 e. The number of rotatable bonds is 13. The Labute approximate surface area is 188 Å². The first-order chi connectivity index (χ1) is 14.1. The fraction of sp³-hybridized carbons (Fsp3) is 0.720. The lowest BCUT2D eigenvalue weighted by Gasteiger charge is -2.49. The molecule has 0 bridgehead atoms. The van der Waals surface area contributed by atoms with Crippen LogP contribution in [0.2, 0.25) is 5.02 Å². The van der Waals surface area contributed by atoms with Gasteiger partial charge in [0.05, 0.1) is 11.0 Å². The number of Topliss-reactive ketones (excluding diaryl/α,β-unsaturated/α-hetero) is 1. The maximum absolute atomic E-state index is 12.8. The van der Waals surface area contributed by atoms with Crippen LogP contribution in [-0.4, -0.2) is 25.2 Å². The van der Waals surface area contributed by atoms with Crippen molar-refractivity contribution >= 4 is 27.2 Å². The molecule has 1 aliphatic rings. The molecule has 170 valence electrons. The highest BCUT2D eigenvalue weighted by atomic mass is 35.5. The summed E-state index contributed by atoms with van der Waals surface area (Å²) in [5, 5.41) is 0.437. The maximum atomic E-state index is 12.8. The Kier molecular flexibility index (Phi) is 9.42. The molecule has 0 aromatic heterocycles. The Bertz CT molecular complexity index is 777. The number of unbranched alkanes of at least 4 members (excludes halogenated alkanes) is 2. The van der Waals surface area contributed by atoms with E-state index in [1.54, 1.807) is 13.8 Å². The van der Waals surface area contributed by atoms with Gasteiger partial charge in [-0.2, -0.15) is 0 Å². The van der Waals surface area contributed by atoms with Crippen molar-refractivity contribution in [2.24, 2.45) is 11.8 Å². The van der Waals surface area contributed by atoms with Gasteiger partial charge in [0.2, 0.25) is 0 Å². The minimum Gasteiger partial charge on any atom is -0.300 e. The molecule has 1 fully saturated rings. The topological polar surface area (TPSA) is 51.2 Å². The fourth-order valence-electron chi connectivity index (χ4n) is 4.76. The zero-order chi connectivity index (χ0) is 22.4. The van der Waals surface area contributed by atoms with E-state index in [1.165, 1.54) is 12.0 Å². The summed E-state index contributed by atoms with van der Waals surface area (Å²) in [7, 11) is -2.97. The van der Waals surface area contributed by atoms with Crippen molar-refractivity contribution in [2.75, 3.05) is 5.75 Å². The second kappa shape index (κ2) is 11.1. The Morgan fingerprint density at radius 3 is 2.17 bits per heavy atom. The van der Waals surface area contributed by atoms with E-state index in [0.29, 0.717) is 36.9 Å². The SMILES string of the molecule is CC(C)CC(CC(=O)CCCCCS(=O)(=O)C(C)C)C1(c2ccc(Cl)cc2)CCC1. The third kappa shape index (κ3) is 6.82. The number of carbonyl (C=O) groups is 1. The fourth-order valence-corrected chi connectivity index (χ4v) is 5.96. The van der Waals surface area contributed by atoms with Crippen molar-refractivity contribution in [3.8, 4) is 0 Å². The Morgan fingerprint density at radius 2 is 1.67 bits per heavy atom. The number of carbonyl (C=O) groups excluding carboxylic acids is 1. The van der Waals surface area contributed by atoms with Crippen molar-refractivity contribution in [2.45, 2.75) is 96.1 Å². The summed E-state index contributed by atoms with van der Waals surface area (Å²) in [4.78, 5) is 12.8. The molecule has 2 rings (SSSR count). The molecule has 30 heavy (non-hydrogen) atoms. The lowest BCUT2D eigenvalue weighted by Crippen LogP contribution is -2.43. The van der Waals surface area contributed by atoms with Crippen LogP contribution in [0, 0.1) is 11.8 Å². The van der Waals surface area contributed by atoms with E-state index in [2.05, 4.69) is 26.0 Å². The second-order valence-corrected chi connectivity index (χ2v) is 12.9. The van der Waals surface area contributed by atoms with Crippen LogP contribution in [-0.2, 0) is 20.0 Å². The summed E-state index contributed by atoms with van der Waals surface area (Å²) >= 11 is 6.11. The smallest absolute Gasteiger partial charge is 0.152 e. The van der Waals surface area contributed by atoms with Crippen molar-refractivity contribution in [3.63, 3.8) is 0 Å². The van der Waals surface area contributed by atoms with Crippen molar-refractivity contribution in [3.05, 3.63) is 34.9 Å². The zero-order valence-electron chi connectivity index (χ0n) is 19.1. The van der Waals surface area contributed by atoms with Crippen LogP contribution in [0.1, 0.15) is 91.0 Å². The zero-order valence-corrected chi connectivity index (χ0v) is 20.7. The molecule has 5 heteroatoms. The van der Waals surface area contributed by atoms with E-state index < -0.39 is 9.84 Å². The van der Waals surface area contributed by atoms with E-state index >= 15 is 0 Å². The van der Waals surface area contributed by atoms with Gasteiger partial charge in [0.15, 0.2) is 9.84 Å². The van der Waals surface area contributed by atoms with Crippen molar-refractivity contribution in [1.29, 1.82) is 0 Å². The van der Waals surface area contributed by atoms with Gasteiger partial charge in [-0.15, -0.1) is 0 Å². The van der Waals surface area contributed by atoms with Crippen LogP contribution >= 0.6 is 11.6 Å². The summed E-state index contributed by atoms with van der Waals surface area (Å²) in [6.07, 6.45) is 8.00. The van der Waals surface area contributed by atoms with Crippen molar-refractivity contribution in [1.82, 2.24) is 0 Å². The van der Waals surface area contributed by atoms with Gasteiger partial charge < -0.3 is 0 Å². The summed E-state index contributed by atoms with van der Waals surface area (Å²) in [6.45, 7) is 7.93. The highest BCUT2D eigenvalue weighted by Crippen LogP contribution is 2.52. The third-order valence-corrected chi connectivity index (χ3v) is 9.33. The minimum atomic E-state index is -2.97. The predicted octanol–water partition coefficient (Wildman–Crippen LogP) is 6.77. The lowest BCUT2D eigenvalue weighted by atomic mass is 9.55. The molecule has 1 unspecified atom stereocenters. The molecule has 0 saturated heterocycles. The van der Waals surface area contributed by atoms with Crippen LogP contribution in [0.5, 0.6) is 0 Å². The van der Waals surface area contributed by atoms with Crippen LogP contribution in [0.25, 0.3) is 0 Å². The van der Waals surface area contributed by atoms with E-state index in [0.717, 1.165) is 37.1 Å². The summed E-state index contributed by atoms with van der Waals surface area (Å²) in [5.41, 5.74) is 1.44. The molecule has 0 spiro atoms. The van der Waals surface area contributed by atoms with Crippen LogP contribution < -0.4 is 0 Å². The predicted molar refractivity (Wildman–Crippen MR) is 127 cm³/mol. The average Bonchev–Trinajstić information content (AvgIpc) is 2.61. The van der Waals surface area contributed by atoms with Crippen LogP contribution in [0.4, 0.5) is 0 Å². The van der Waals surface area contributed by atoms with Gasteiger partial charge in [0, 0.05) is 17.9 Å². The quantitative estimate of drug-likeness (QED) is 0.309. The molecular weight excluding hydrogens is 416 g/mol. The van der Waals surface area contributed by atoms with Gasteiger partial charge in [-0.05, 0) is 80.9 Å². The highest BCUT2D eigenvalue weighted by Gasteiger charge is 2.45. The standard InChI is InChI=1S/C25H39ClO3S/c1-19(2)17-22(25(14-8-15-25)21-10-12-23(26)13-11-21)18-24(27)9-6-5-7-16-30(28,29)20(3)4/h10-13,19-20,22H,5-9,14-18H2,1-4H3. The summed E-state index contributed by atoms with van der Waals surface area (Å²) in [5.74, 6) is 1.47. The molecule has 1 aromatic carbocycles. The van der Waals surface area contributed by atoms with Gasteiger partial charge in [0.25, 0.3) is 0 Å². The Balaban J connectivity index is 1.94. The number of ketones is 1. The summed E-state index contributed by atoms with van der Waals surface area (Å²) in [6, 6.07) is 8.23. The van der Waals surface area contributed by atoms with E-state index in [1.807, 2.05) is 12.1 Å². The first kappa shape index (κ1) is 25.4. The van der Waals surface area contributed by atoms with Crippen molar-refractivity contribution < 1.29 is 13.2 Å². The second-order valence-electron chi connectivity index (χ2n) is 9.81. The summed E-state index contributed by atoms with van der Waals surface area (Å²) < 4.78 is 23.8. The number of halogens is 1. The average molecular weight is 455 g/mol. The Hall–Kier alpha value is -0.870. The third-order valence-electron chi connectivity index (χ3n) is 6.78. The first-order valence-corrected chi connectivity index (χ1v) is 13.7. The van der Waals surface area contributed by atoms with Crippen LogP contribution in [0.15, 0.2) is 24.3 Å². The van der Waals surface area contributed by atoms with Gasteiger partial charge in [-0.25, -0.2) is 8.42 Å². The van der Waals surface area contributed by atoms with Gasteiger partial charge in [-0.1, -0.05) is 50.4 Å². The maximum Gasteiger partial charge on any atom is 0.152 e. The number of benzene rings is 1. The molecule has 1 aliphatic carbocycles. The Morgan fingerprint density at radius 1 is 1.03 bits per heavy atom. The first-order valence-electron chi connectivity index (χ1n) is 11.6. The molecule has 0 amide bonds. The number of hydrogen-bond acceptors (Lipinski definition) is 3. The molecule has 1 aromatic rings. The van der Waals surface area contributed by atoms with Crippen LogP contribution in [0.3, 0.4) is 0 Å². The van der Waals surface area contributed by atoms with E-state index in [4.69, 9.17) is 11.6 Å². The van der Waals surface area contributed by atoms with E-state index in [-0.39, 0.29) is 16.4 Å². The lowest BCUT2D eigenvalue weighted by molar-refractivity contribution is -0.121. The molecule has 0 radical (unpaired) electrons. The molecule has 1 saturated carbocycles. The molecule has 1 atom stereocenters. The van der Waals surface area contributed by atoms with E-state index in [9.17, 15) is 13.2 Å². The monoisotopic (exact) mass is 454 g/mol. The molecule has 0 N–H and O–H groups in total. The molecular formula is C25H39ClO3S.